The van der Waals surface area contributed by atoms with Gasteiger partial charge in [0.15, 0.2) is 0 Å². The molecule has 0 bridgehead atoms. The first kappa shape index (κ1) is 24.3. The summed E-state index contributed by atoms with van der Waals surface area (Å²) in [5.74, 6) is -2.13. The Kier molecular flexibility index (Phi) is 6.87. The van der Waals surface area contributed by atoms with Gasteiger partial charge in [0.2, 0.25) is 0 Å². The fourth-order valence-electron chi connectivity index (χ4n) is 4.35. The van der Waals surface area contributed by atoms with Crippen LogP contribution in [0.4, 0.5) is 0 Å². The Labute approximate surface area is 217 Å². The number of aromatic amines is 2. The van der Waals surface area contributed by atoms with Crippen LogP contribution in [-0.4, -0.2) is 32.1 Å². The summed E-state index contributed by atoms with van der Waals surface area (Å²) in [6, 6.07) is 38.5. The topological polar surface area (TPSA) is 106 Å². The third-order valence-electron chi connectivity index (χ3n) is 6.21. The standard InChI is InChI=1S/2C12H9N.C8H6O4/c2*1-3-7-11-9(5-1)10-6-2-4-8-12(10)13-11;9-7(10)5-1-2-6(4-3-5)8(11)12/h2*1-8,13H;1-4H,(H,9,10)(H,11,12). The Morgan fingerprint density at radius 1 is 0.395 bits per heavy atom. The van der Waals surface area contributed by atoms with Crippen molar-refractivity contribution in [2.45, 2.75) is 0 Å². The predicted octanol–water partition coefficient (Wildman–Crippen LogP) is 7.73. The lowest BCUT2D eigenvalue weighted by Gasteiger charge is -1.94. The molecular weight excluding hydrogens is 476 g/mol. The molecular formula is C32H24N2O4. The van der Waals surface area contributed by atoms with E-state index in [-0.39, 0.29) is 11.1 Å². The molecule has 38 heavy (non-hydrogen) atoms. The number of carboxylic acids is 2. The van der Waals surface area contributed by atoms with Crippen molar-refractivity contribution in [1.82, 2.24) is 9.97 Å². The Morgan fingerprint density at radius 2 is 0.632 bits per heavy atom. The van der Waals surface area contributed by atoms with E-state index < -0.39 is 11.9 Å². The van der Waals surface area contributed by atoms with Crippen molar-refractivity contribution >= 4 is 55.6 Å². The molecule has 2 heterocycles. The first-order valence-corrected chi connectivity index (χ1v) is 12.0. The third kappa shape index (κ3) is 5.10. The van der Waals surface area contributed by atoms with E-state index in [0.29, 0.717) is 0 Å². The highest BCUT2D eigenvalue weighted by Crippen LogP contribution is 2.25. The average Bonchev–Trinajstić information content (AvgIpc) is 3.52. The number of hydrogen-bond donors (Lipinski definition) is 4. The highest BCUT2D eigenvalue weighted by atomic mass is 16.4. The SMILES string of the molecule is O=C(O)c1ccc(C(=O)O)cc1.c1ccc2c(c1)[nH]c1ccccc12.c1ccc2c(c1)[nH]c1ccccc12. The lowest BCUT2D eigenvalue weighted by molar-refractivity contribution is 0.0681. The van der Waals surface area contributed by atoms with Crippen LogP contribution < -0.4 is 0 Å². The molecule has 0 fully saturated rings. The van der Waals surface area contributed by atoms with E-state index in [9.17, 15) is 9.59 Å². The monoisotopic (exact) mass is 500 g/mol. The highest BCUT2D eigenvalue weighted by molar-refractivity contribution is 6.07. The summed E-state index contributed by atoms with van der Waals surface area (Å²) in [7, 11) is 0. The van der Waals surface area contributed by atoms with Crippen LogP contribution in [0.25, 0.3) is 43.6 Å². The van der Waals surface area contributed by atoms with Crippen LogP contribution in [0.3, 0.4) is 0 Å². The minimum Gasteiger partial charge on any atom is -0.478 e. The van der Waals surface area contributed by atoms with Crippen LogP contribution in [-0.2, 0) is 0 Å². The molecule has 0 amide bonds. The molecule has 6 nitrogen and oxygen atoms in total. The zero-order valence-corrected chi connectivity index (χ0v) is 20.3. The maximum atomic E-state index is 10.3. The van der Waals surface area contributed by atoms with Gasteiger partial charge in [-0.1, -0.05) is 72.8 Å². The van der Waals surface area contributed by atoms with Crippen LogP contribution in [0.1, 0.15) is 20.7 Å². The normalized spacial score (nSPS) is 10.5. The Hall–Kier alpha value is -5.36. The number of aromatic carboxylic acids is 2. The number of hydrogen-bond acceptors (Lipinski definition) is 2. The molecule has 7 rings (SSSR count). The van der Waals surface area contributed by atoms with Crippen LogP contribution in [0.2, 0.25) is 0 Å². The van der Waals surface area contributed by atoms with Gasteiger partial charge in [0, 0.05) is 43.6 Å². The molecule has 0 spiro atoms. The van der Waals surface area contributed by atoms with Crippen molar-refractivity contribution in [2.24, 2.45) is 0 Å². The van der Waals surface area contributed by atoms with Crippen molar-refractivity contribution in [2.75, 3.05) is 0 Å². The fourth-order valence-corrected chi connectivity index (χ4v) is 4.35. The predicted molar refractivity (Wildman–Crippen MR) is 152 cm³/mol. The summed E-state index contributed by atoms with van der Waals surface area (Å²) in [6.07, 6.45) is 0. The number of nitrogens with one attached hydrogen (secondary N) is 2. The van der Waals surface area contributed by atoms with Crippen LogP contribution in [0, 0.1) is 0 Å². The van der Waals surface area contributed by atoms with Crippen molar-refractivity contribution < 1.29 is 19.8 Å². The van der Waals surface area contributed by atoms with E-state index >= 15 is 0 Å². The number of rotatable bonds is 2. The quantitative estimate of drug-likeness (QED) is 0.195. The molecule has 186 valence electrons. The molecule has 7 aromatic rings. The van der Waals surface area contributed by atoms with Gasteiger partial charge in [-0.05, 0) is 48.5 Å². The Bertz CT molecular complexity index is 1640. The van der Waals surface area contributed by atoms with Gasteiger partial charge in [0.1, 0.15) is 0 Å². The van der Waals surface area contributed by atoms with E-state index in [1.54, 1.807) is 0 Å². The van der Waals surface area contributed by atoms with Gasteiger partial charge >= 0.3 is 11.9 Å². The second kappa shape index (κ2) is 10.7. The summed E-state index contributed by atoms with van der Waals surface area (Å²) in [5.41, 5.74) is 5.01. The molecule has 6 heteroatoms. The molecule has 0 saturated heterocycles. The number of fused-ring (bicyclic) bond motifs is 6. The summed E-state index contributed by atoms with van der Waals surface area (Å²) < 4.78 is 0. The molecule has 0 saturated carbocycles. The Morgan fingerprint density at radius 3 is 0.868 bits per heavy atom. The molecule has 0 unspecified atom stereocenters. The van der Waals surface area contributed by atoms with Crippen molar-refractivity contribution in [3.63, 3.8) is 0 Å². The van der Waals surface area contributed by atoms with Gasteiger partial charge < -0.3 is 20.2 Å². The zero-order valence-electron chi connectivity index (χ0n) is 20.3. The summed E-state index contributed by atoms with van der Waals surface area (Å²) in [5, 5.41) is 22.1. The van der Waals surface area contributed by atoms with Gasteiger partial charge in [-0.3, -0.25) is 0 Å². The minimum atomic E-state index is -1.06. The van der Waals surface area contributed by atoms with Crippen molar-refractivity contribution in [3.8, 4) is 0 Å². The van der Waals surface area contributed by atoms with E-state index in [2.05, 4.69) is 107 Å². The zero-order chi connectivity index (χ0) is 26.5. The fraction of sp³-hybridized carbons (Fsp3) is 0. The molecule has 2 aromatic heterocycles. The molecule has 4 N–H and O–H groups in total. The van der Waals surface area contributed by atoms with Gasteiger partial charge in [-0.2, -0.15) is 0 Å². The van der Waals surface area contributed by atoms with E-state index in [1.165, 1.54) is 67.9 Å². The number of carbonyl (C=O) groups is 2. The van der Waals surface area contributed by atoms with Gasteiger partial charge in [0.05, 0.1) is 11.1 Å². The number of para-hydroxylation sites is 4. The van der Waals surface area contributed by atoms with Gasteiger partial charge in [0.25, 0.3) is 0 Å². The number of aromatic nitrogens is 2. The largest absolute Gasteiger partial charge is 0.478 e. The van der Waals surface area contributed by atoms with Crippen molar-refractivity contribution in [1.29, 1.82) is 0 Å². The smallest absolute Gasteiger partial charge is 0.335 e. The first-order chi connectivity index (χ1) is 18.5. The number of carboxylic acid groups (broad SMARTS) is 2. The second-order valence-electron chi connectivity index (χ2n) is 8.62. The molecule has 0 atom stereocenters. The van der Waals surface area contributed by atoms with Gasteiger partial charge in [-0.15, -0.1) is 0 Å². The first-order valence-electron chi connectivity index (χ1n) is 12.0. The highest BCUT2D eigenvalue weighted by Gasteiger charge is 2.05. The number of benzene rings is 5. The van der Waals surface area contributed by atoms with E-state index in [4.69, 9.17) is 10.2 Å². The maximum absolute atomic E-state index is 10.3. The van der Waals surface area contributed by atoms with E-state index in [1.807, 2.05) is 0 Å². The average molecular weight is 501 g/mol. The minimum absolute atomic E-state index is 0.0833. The lowest BCUT2D eigenvalue weighted by Crippen LogP contribution is -1.99. The summed E-state index contributed by atoms with van der Waals surface area (Å²) in [6.45, 7) is 0. The summed E-state index contributed by atoms with van der Waals surface area (Å²) >= 11 is 0. The van der Waals surface area contributed by atoms with Gasteiger partial charge in [-0.25, -0.2) is 9.59 Å². The third-order valence-corrected chi connectivity index (χ3v) is 6.21. The van der Waals surface area contributed by atoms with E-state index in [0.717, 1.165) is 0 Å². The molecule has 0 radical (unpaired) electrons. The second-order valence-corrected chi connectivity index (χ2v) is 8.62. The molecule has 0 aliphatic rings. The molecule has 0 aliphatic heterocycles. The summed E-state index contributed by atoms with van der Waals surface area (Å²) in [4.78, 5) is 27.4. The van der Waals surface area contributed by atoms with Crippen LogP contribution >= 0.6 is 0 Å². The number of H-pyrrole nitrogens is 2. The molecule has 5 aromatic carbocycles. The van der Waals surface area contributed by atoms with Crippen molar-refractivity contribution in [3.05, 3.63) is 132 Å². The lowest BCUT2D eigenvalue weighted by atomic mass is 10.1. The van der Waals surface area contributed by atoms with Crippen LogP contribution in [0.5, 0.6) is 0 Å². The maximum Gasteiger partial charge on any atom is 0.335 e. The Balaban J connectivity index is 0.000000116. The van der Waals surface area contributed by atoms with Crippen LogP contribution in [0.15, 0.2) is 121 Å². The molecule has 0 aliphatic carbocycles.